The van der Waals surface area contributed by atoms with E-state index >= 15 is 0 Å². The Hall–Kier alpha value is -2.38. The molecule has 2 aromatic heterocycles. The van der Waals surface area contributed by atoms with Crippen LogP contribution in [0, 0.1) is 6.92 Å². The second-order valence-corrected chi connectivity index (χ2v) is 7.36. The molecule has 0 spiro atoms. The van der Waals surface area contributed by atoms with Crippen LogP contribution in [0.25, 0.3) is 0 Å². The van der Waals surface area contributed by atoms with Gasteiger partial charge in [0.25, 0.3) is 10.0 Å². The van der Waals surface area contributed by atoms with Crippen molar-refractivity contribution >= 4 is 27.4 Å². The Morgan fingerprint density at radius 1 is 1.17 bits per heavy atom. The maximum atomic E-state index is 13.0. The summed E-state index contributed by atoms with van der Waals surface area (Å²) in [5.41, 5.74) is 0.823. The van der Waals surface area contributed by atoms with Crippen molar-refractivity contribution in [3.63, 3.8) is 0 Å². The van der Waals surface area contributed by atoms with Crippen molar-refractivity contribution in [1.82, 2.24) is 10.1 Å². The van der Waals surface area contributed by atoms with Crippen molar-refractivity contribution in [2.75, 3.05) is 4.31 Å². The Bertz CT molecular complexity index is 925. The zero-order chi connectivity index (χ0) is 17.2. The quantitative estimate of drug-likeness (QED) is 0.649. The molecule has 0 amide bonds. The predicted molar refractivity (Wildman–Crippen MR) is 90.3 cm³/mol. The maximum absolute atomic E-state index is 13.0. The Labute approximate surface area is 144 Å². The second kappa shape index (κ2) is 6.62. The summed E-state index contributed by atoms with van der Waals surface area (Å²) in [5, 5.41) is 4.07. The molecule has 24 heavy (non-hydrogen) atoms. The van der Waals surface area contributed by atoms with Gasteiger partial charge in [-0.2, -0.15) is 0 Å². The number of pyridine rings is 1. The number of halogens is 1. The Kier molecular flexibility index (Phi) is 4.55. The van der Waals surface area contributed by atoms with Crippen LogP contribution in [0.15, 0.2) is 64.1 Å². The predicted octanol–water partition coefficient (Wildman–Crippen LogP) is 3.43. The summed E-state index contributed by atoms with van der Waals surface area (Å²) in [6, 6.07) is 13.7. The zero-order valence-corrected chi connectivity index (χ0v) is 14.3. The third kappa shape index (κ3) is 3.42. The summed E-state index contributed by atoms with van der Waals surface area (Å²) in [4.78, 5) is 3.88. The van der Waals surface area contributed by atoms with E-state index in [0.29, 0.717) is 5.76 Å². The largest absolute Gasteiger partial charge is 0.360 e. The highest BCUT2D eigenvalue weighted by atomic mass is 35.5. The normalized spacial score (nSPS) is 11.4. The molecular formula is C16H14ClN3O3S. The van der Waals surface area contributed by atoms with Crippen molar-refractivity contribution in [2.24, 2.45) is 0 Å². The fraction of sp³-hybridized carbons (Fsp3) is 0.125. The van der Waals surface area contributed by atoms with Gasteiger partial charge in [0.1, 0.15) is 15.8 Å². The number of nitrogens with zero attached hydrogens (tertiary/aromatic N) is 3. The van der Waals surface area contributed by atoms with Crippen LogP contribution >= 0.6 is 11.6 Å². The molecule has 0 bridgehead atoms. The molecule has 6 nitrogen and oxygen atoms in total. The highest BCUT2D eigenvalue weighted by Crippen LogP contribution is 2.25. The van der Waals surface area contributed by atoms with Gasteiger partial charge in [-0.25, -0.2) is 17.7 Å². The van der Waals surface area contributed by atoms with Crippen LogP contribution in [0.1, 0.15) is 11.3 Å². The third-order valence-electron chi connectivity index (χ3n) is 3.33. The van der Waals surface area contributed by atoms with Gasteiger partial charge >= 0.3 is 0 Å². The van der Waals surface area contributed by atoms with Gasteiger partial charge in [-0.05, 0) is 24.6 Å². The zero-order valence-electron chi connectivity index (χ0n) is 12.8. The van der Waals surface area contributed by atoms with E-state index in [0.717, 1.165) is 5.56 Å². The van der Waals surface area contributed by atoms with E-state index in [2.05, 4.69) is 10.1 Å². The van der Waals surface area contributed by atoms with Crippen molar-refractivity contribution in [3.8, 4) is 0 Å². The third-order valence-corrected chi connectivity index (χ3v) is 5.29. The number of anilines is 1. The van der Waals surface area contributed by atoms with Crippen molar-refractivity contribution in [3.05, 3.63) is 71.2 Å². The molecule has 0 aliphatic heterocycles. The molecule has 2 heterocycles. The monoisotopic (exact) mass is 363 g/mol. The van der Waals surface area contributed by atoms with Crippen LogP contribution in [0.3, 0.4) is 0 Å². The van der Waals surface area contributed by atoms with Crippen molar-refractivity contribution in [2.45, 2.75) is 18.4 Å². The van der Waals surface area contributed by atoms with Crippen molar-refractivity contribution < 1.29 is 12.9 Å². The summed E-state index contributed by atoms with van der Waals surface area (Å²) in [7, 11) is -3.87. The molecule has 0 unspecified atom stereocenters. The summed E-state index contributed by atoms with van der Waals surface area (Å²) in [6.45, 7) is 1.82. The van der Waals surface area contributed by atoms with E-state index in [1.54, 1.807) is 13.0 Å². The molecule has 0 radical (unpaired) electrons. The molecule has 0 saturated carbocycles. The van der Waals surface area contributed by atoms with E-state index in [-0.39, 0.29) is 22.4 Å². The molecule has 1 aromatic carbocycles. The van der Waals surface area contributed by atoms with Gasteiger partial charge in [0.2, 0.25) is 0 Å². The standard InChI is InChI=1S/C16H14ClN3O3S/c1-12-9-16(19-23-12)20(11-13-5-3-2-4-6-13)24(21,22)14-7-8-15(17)18-10-14/h2-10H,11H2,1H3. The smallest absolute Gasteiger partial charge is 0.267 e. The minimum absolute atomic E-state index is 0.0310. The molecule has 0 saturated heterocycles. The Balaban J connectivity index is 2.05. The van der Waals surface area contributed by atoms with Crippen molar-refractivity contribution in [1.29, 1.82) is 0 Å². The lowest BCUT2D eigenvalue weighted by Gasteiger charge is -2.21. The van der Waals surface area contributed by atoms with Gasteiger partial charge < -0.3 is 4.52 Å². The molecule has 0 N–H and O–H groups in total. The van der Waals surface area contributed by atoms with E-state index in [1.165, 1.54) is 22.6 Å². The van der Waals surface area contributed by atoms with E-state index < -0.39 is 10.0 Å². The summed E-state index contributed by atoms with van der Waals surface area (Å²) < 4.78 is 32.3. The number of benzene rings is 1. The van der Waals surface area contributed by atoms with Crippen LogP contribution < -0.4 is 4.31 Å². The average molecular weight is 364 g/mol. The van der Waals surface area contributed by atoms with E-state index in [9.17, 15) is 8.42 Å². The maximum Gasteiger partial charge on any atom is 0.267 e. The van der Waals surface area contributed by atoms with E-state index in [1.807, 2.05) is 30.3 Å². The molecule has 8 heteroatoms. The topological polar surface area (TPSA) is 76.3 Å². The highest BCUT2D eigenvalue weighted by molar-refractivity contribution is 7.92. The molecular weight excluding hydrogens is 350 g/mol. The molecule has 0 fully saturated rings. The number of aromatic nitrogens is 2. The number of hydrogen-bond donors (Lipinski definition) is 0. The number of aryl methyl sites for hydroxylation is 1. The van der Waals surface area contributed by atoms with Crippen LogP contribution in [-0.2, 0) is 16.6 Å². The second-order valence-electron chi connectivity index (χ2n) is 5.11. The first kappa shape index (κ1) is 16.5. The van der Waals surface area contributed by atoms with Crippen LogP contribution in [0.4, 0.5) is 5.82 Å². The van der Waals surface area contributed by atoms with Gasteiger partial charge in [-0.1, -0.05) is 47.1 Å². The first-order chi connectivity index (χ1) is 11.5. The molecule has 0 aliphatic carbocycles. The lowest BCUT2D eigenvalue weighted by atomic mass is 10.2. The summed E-state index contributed by atoms with van der Waals surface area (Å²) in [6.07, 6.45) is 1.22. The molecule has 124 valence electrons. The fourth-order valence-electron chi connectivity index (χ4n) is 2.15. The fourth-order valence-corrected chi connectivity index (χ4v) is 3.59. The van der Waals surface area contributed by atoms with Crippen LogP contribution in [0.5, 0.6) is 0 Å². The minimum atomic E-state index is -3.87. The lowest BCUT2D eigenvalue weighted by Crippen LogP contribution is -2.31. The van der Waals surface area contributed by atoms with E-state index in [4.69, 9.17) is 16.1 Å². The molecule has 3 aromatic rings. The summed E-state index contributed by atoms with van der Waals surface area (Å²) in [5.74, 6) is 0.735. The number of hydrogen-bond acceptors (Lipinski definition) is 5. The van der Waals surface area contributed by atoms with Crippen LogP contribution in [0.2, 0.25) is 5.15 Å². The SMILES string of the molecule is Cc1cc(N(Cc2ccccc2)S(=O)(=O)c2ccc(Cl)nc2)no1. The highest BCUT2D eigenvalue weighted by Gasteiger charge is 2.28. The Morgan fingerprint density at radius 2 is 1.92 bits per heavy atom. The molecule has 0 atom stereocenters. The average Bonchev–Trinajstić information content (AvgIpc) is 3.00. The molecule has 0 aliphatic rings. The minimum Gasteiger partial charge on any atom is -0.360 e. The van der Waals surface area contributed by atoms with Gasteiger partial charge in [0.05, 0.1) is 6.54 Å². The van der Waals surface area contributed by atoms with Gasteiger partial charge in [0, 0.05) is 12.3 Å². The number of sulfonamides is 1. The first-order valence-electron chi connectivity index (χ1n) is 7.08. The lowest BCUT2D eigenvalue weighted by molar-refractivity contribution is 0.398. The number of rotatable bonds is 5. The summed E-state index contributed by atoms with van der Waals surface area (Å²) >= 11 is 5.74. The van der Waals surface area contributed by atoms with Gasteiger partial charge in [-0.15, -0.1) is 0 Å². The first-order valence-corrected chi connectivity index (χ1v) is 8.90. The van der Waals surface area contributed by atoms with Crippen LogP contribution in [-0.4, -0.2) is 18.6 Å². The molecule has 3 rings (SSSR count). The van der Waals surface area contributed by atoms with Gasteiger partial charge in [0.15, 0.2) is 5.82 Å². The van der Waals surface area contributed by atoms with Gasteiger partial charge in [-0.3, -0.25) is 0 Å². The Morgan fingerprint density at radius 3 is 2.50 bits per heavy atom.